The number of carbonyl (C=O) groups is 2. The lowest BCUT2D eigenvalue weighted by Crippen LogP contribution is -3.00. The van der Waals surface area contributed by atoms with Crippen LogP contribution in [0.1, 0.15) is 33.6 Å². The lowest BCUT2D eigenvalue weighted by atomic mass is 10.3. The maximum Gasteiger partial charge on any atom is 0.273 e. The maximum absolute atomic E-state index is 11.5. The summed E-state index contributed by atoms with van der Waals surface area (Å²) >= 11 is -0.230. The van der Waals surface area contributed by atoms with Gasteiger partial charge in [-0.15, -0.1) is 0 Å². The Morgan fingerprint density at radius 3 is 2.19 bits per heavy atom. The summed E-state index contributed by atoms with van der Waals surface area (Å²) in [6.07, 6.45) is 2.90. The molecule has 0 aromatic rings. The van der Waals surface area contributed by atoms with E-state index in [1.807, 2.05) is 20.8 Å². The van der Waals surface area contributed by atoms with Crippen molar-refractivity contribution in [2.45, 2.75) is 33.6 Å². The highest BCUT2D eigenvalue weighted by Gasteiger charge is 2.41. The number of hydrogen-bond donors (Lipinski definition) is 0. The first-order chi connectivity index (χ1) is 7.06. The molecule has 5 heteroatoms. The molecule has 1 saturated heterocycles. The highest BCUT2D eigenvalue weighted by molar-refractivity contribution is 7.95. The van der Waals surface area contributed by atoms with E-state index in [0.717, 1.165) is 11.5 Å². The van der Waals surface area contributed by atoms with Crippen molar-refractivity contribution in [1.82, 2.24) is 4.31 Å². The van der Waals surface area contributed by atoms with Gasteiger partial charge >= 0.3 is 0 Å². The molecule has 1 rings (SSSR count). The van der Waals surface area contributed by atoms with Crippen molar-refractivity contribution >= 4 is 22.9 Å². The first kappa shape index (κ1) is 15.5. The fraction of sp³-hybridized carbons (Fsp3) is 0.636. The van der Waals surface area contributed by atoms with Crippen molar-refractivity contribution in [2.24, 2.45) is 0 Å². The molecule has 0 aromatic carbocycles. The SMILES string of the molecule is CC[S+](CC=C(C)C)N1C(=O)CCC1=O.[Cl-]. The van der Waals surface area contributed by atoms with Crippen LogP contribution in [-0.2, 0) is 20.7 Å². The summed E-state index contributed by atoms with van der Waals surface area (Å²) in [4.78, 5) is 23.0. The van der Waals surface area contributed by atoms with Crippen LogP contribution in [0.5, 0.6) is 0 Å². The normalized spacial score (nSPS) is 17.1. The summed E-state index contributed by atoms with van der Waals surface area (Å²) in [5, 5.41) is 0. The average molecular weight is 264 g/mol. The van der Waals surface area contributed by atoms with Crippen LogP contribution in [0.15, 0.2) is 11.6 Å². The predicted octanol–water partition coefficient (Wildman–Crippen LogP) is -1.34. The molecular formula is C11H18ClNO2S. The molecule has 0 aromatic heterocycles. The quantitative estimate of drug-likeness (QED) is 0.358. The van der Waals surface area contributed by atoms with Gasteiger partial charge in [-0.1, -0.05) is 9.88 Å². The Balaban J connectivity index is 0.00000225. The number of imide groups is 1. The van der Waals surface area contributed by atoms with Crippen molar-refractivity contribution in [3.8, 4) is 0 Å². The number of allylic oxidation sites excluding steroid dienone is 1. The maximum atomic E-state index is 11.5. The summed E-state index contributed by atoms with van der Waals surface area (Å²) in [6.45, 7) is 6.09. The summed E-state index contributed by atoms with van der Waals surface area (Å²) in [5.41, 5.74) is 1.24. The summed E-state index contributed by atoms with van der Waals surface area (Å²) in [7, 11) is 0. The number of carbonyl (C=O) groups excluding carboxylic acids is 2. The topological polar surface area (TPSA) is 37.4 Å². The Labute approximate surface area is 106 Å². The average Bonchev–Trinajstić information content (AvgIpc) is 2.49. The summed E-state index contributed by atoms with van der Waals surface area (Å²) in [6, 6.07) is 0. The van der Waals surface area contributed by atoms with Crippen LogP contribution >= 0.6 is 0 Å². The van der Waals surface area contributed by atoms with Crippen molar-refractivity contribution in [3.63, 3.8) is 0 Å². The lowest BCUT2D eigenvalue weighted by Gasteiger charge is -2.12. The second kappa shape index (κ2) is 6.97. The molecule has 0 aliphatic carbocycles. The molecule has 16 heavy (non-hydrogen) atoms. The van der Waals surface area contributed by atoms with Crippen LogP contribution in [0.4, 0.5) is 0 Å². The number of amides is 2. The fourth-order valence-corrected chi connectivity index (χ4v) is 3.36. The Hall–Kier alpha value is -0.480. The van der Waals surface area contributed by atoms with Crippen LogP contribution in [0.3, 0.4) is 0 Å². The van der Waals surface area contributed by atoms with Gasteiger partial charge in [0.1, 0.15) is 16.8 Å². The Morgan fingerprint density at radius 2 is 1.81 bits per heavy atom. The van der Waals surface area contributed by atoms with Crippen LogP contribution in [0.2, 0.25) is 0 Å². The van der Waals surface area contributed by atoms with Crippen LogP contribution < -0.4 is 12.4 Å². The molecule has 0 N–H and O–H groups in total. The van der Waals surface area contributed by atoms with Gasteiger partial charge in [0.15, 0.2) is 5.75 Å². The molecule has 1 aliphatic heterocycles. The largest absolute Gasteiger partial charge is 1.00 e. The molecule has 1 atom stereocenters. The second-order valence-electron chi connectivity index (χ2n) is 3.78. The first-order valence-corrected chi connectivity index (χ1v) is 6.75. The van der Waals surface area contributed by atoms with Gasteiger partial charge in [-0.25, -0.2) is 0 Å². The van der Waals surface area contributed by atoms with Gasteiger partial charge in [0, 0.05) is 12.8 Å². The number of rotatable bonds is 4. The highest BCUT2D eigenvalue weighted by Crippen LogP contribution is 2.19. The molecule has 1 heterocycles. The predicted molar refractivity (Wildman–Crippen MR) is 63.3 cm³/mol. The van der Waals surface area contributed by atoms with E-state index in [1.165, 1.54) is 9.88 Å². The molecule has 3 nitrogen and oxygen atoms in total. The van der Waals surface area contributed by atoms with Crippen LogP contribution in [0.25, 0.3) is 0 Å². The van der Waals surface area contributed by atoms with Crippen molar-refractivity contribution in [2.75, 3.05) is 11.5 Å². The van der Waals surface area contributed by atoms with Crippen LogP contribution in [0, 0.1) is 0 Å². The molecule has 0 saturated carbocycles. The molecule has 0 spiro atoms. The Kier molecular flexibility index (Phi) is 6.76. The zero-order valence-corrected chi connectivity index (χ0v) is 11.5. The number of halogens is 1. The molecule has 1 aliphatic rings. The van der Waals surface area contributed by atoms with E-state index < -0.39 is 0 Å². The third-order valence-corrected chi connectivity index (χ3v) is 4.42. The van der Waals surface area contributed by atoms with Crippen molar-refractivity contribution < 1.29 is 22.0 Å². The van der Waals surface area contributed by atoms with E-state index in [1.54, 1.807) is 0 Å². The van der Waals surface area contributed by atoms with Gasteiger partial charge < -0.3 is 12.4 Å². The van der Waals surface area contributed by atoms with Crippen molar-refractivity contribution in [1.29, 1.82) is 0 Å². The first-order valence-electron chi connectivity index (χ1n) is 5.23. The molecule has 92 valence electrons. The standard InChI is InChI=1S/C11H18NO2S.ClH/c1-4-15(8-7-9(2)3)12-10(13)5-6-11(12)14;/h7H,4-6,8H2,1-3H3;1H/q+1;/p-1. The molecular weight excluding hydrogens is 246 g/mol. The van der Waals surface area contributed by atoms with Gasteiger partial charge in [0.05, 0.1) is 0 Å². The third-order valence-electron chi connectivity index (χ3n) is 2.28. The smallest absolute Gasteiger partial charge is 0.273 e. The minimum absolute atomic E-state index is 0. The minimum Gasteiger partial charge on any atom is -1.00 e. The van der Waals surface area contributed by atoms with Gasteiger partial charge in [-0.05, 0) is 26.8 Å². The Morgan fingerprint density at radius 1 is 1.31 bits per heavy atom. The Bertz CT molecular complexity index is 284. The van der Waals surface area contributed by atoms with E-state index >= 15 is 0 Å². The second-order valence-corrected chi connectivity index (χ2v) is 5.98. The van der Waals surface area contributed by atoms with Crippen LogP contribution in [-0.4, -0.2) is 27.6 Å². The van der Waals surface area contributed by atoms with Gasteiger partial charge in [-0.3, -0.25) is 9.59 Å². The molecule has 1 unspecified atom stereocenters. The summed E-state index contributed by atoms with van der Waals surface area (Å²) < 4.78 is 1.49. The molecule has 2 amide bonds. The van der Waals surface area contributed by atoms with E-state index in [2.05, 4.69) is 6.08 Å². The van der Waals surface area contributed by atoms with Gasteiger partial charge in [0.25, 0.3) is 11.8 Å². The zero-order chi connectivity index (χ0) is 11.4. The zero-order valence-electron chi connectivity index (χ0n) is 9.96. The third kappa shape index (κ3) is 3.83. The fourth-order valence-electron chi connectivity index (χ4n) is 1.43. The van der Waals surface area contributed by atoms with E-state index in [-0.39, 0.29) is 35.3 Å². The lowest BCUT2D eigenvalue weighted by molar-refractivity contribution is -0.132. The van der Waals surface area contributed by atoms with Gasteiger partial charge in [-0.2, -0.15) is 0 Å². The molecule has 1 fully saturated rings. The van der Waals surface area contributed by atoms with E-state index in [0.29, 0.717) is 12.8 Å². The van der Waals surface area contributed by atoms with E-state index in [9.17, 15) is 9.59 Å². The van der Waals surface area contributed by atoms with E-state index in [4.69, 9.17) is 0 Å². The number of hydrogen-bond acceptors (Lipinski definition) is 2. The molecule has 0 bridgehead atoms. The monoisotopic (exact) mass is 263 g/mol. The number of nitrogens with zero attached hydrogens (tertiary/aromatic N) is 1. The minimum atomic E-state index is -0.230. The highest BCUT2D eigenvalue weighted by atomic mass is 35.5. The summed E-state index contributed by atoms with van der Waals surface area (Å²) in [5.74, 6) is 1.69. The van der Waals surface area contributed by atoms with Crippen molar-refractivity contribution in [3.05, 3.63) is 11.6 Å². The van der Waals surface area contributed by atoms with Gasteiger partial charge in [0.2, 0.25) is 0 Å². The molecule has 0 radical (unpaired) electrons.